The Morgan fingerprint density at radius 2 is 1.57 bits per heavy atom. The van der Waals surface area contributed by atoms with Crippen LogP contribution in [0.15, 0.2) is 48.5 Å². The SMILES string of the molecule is CCC(C)c1ccccc1NC(=O)C(=O)Nc1ccc(N2CCCCC2)cc1. The molecule has 1 heterocycles. The Labute approximate surface area is 167 Å². The van der Waals surface area contributed by atoms with Gasteiger partial charge in [-0.2, -0.15) is 0 Å². The van der Waals surface area contributed by atoms with E-state index < -0.39 is 11.8 Å². The van der Waals surface area contributed by atoms with Crippen molar-refractivity contribution in [1.82, 2.24) is 0 Å². The van der Waals surface area contributed by atoms with Crippen LogP contribution in [0.4, 0.5) is 17.1 Å². The molecule has 5 nitrogen and oxygen atoms in total. The molecule has 1 aliphatic heterocycles. The minimum atomic E-state index is -0.662. The Morgan fingerprint density at radius 3 is 2.25 bits per heavy atom. The number of amides is 2. The average Bonchev–Trinajstić information content (AvgIpc) is 2.74. The number of benzene rings is 2. The van der Waals surface area contributed by atoms with E-state index in [2.05, 4.69) is 29.4 Å². The molecular weight excluding hydrogens is 350 g/mol. The normalized spacial score (nSPS) is 15.0. The van der Waals surface area contributed by atoms with Crippen LogP contribution < -0.4 is 15.5 Å². The Morgan fingerprint density at radius 1 is 0.929 bits per heavy atom. The predicted molar refractivity (Wildman–Crippen MR) is 115 cm³/mol. The fourth-order valence-corrected chi connectivity index (χ4v) is 3.54. The zero-order valence-electron chi connectivity index (χ0n) is 16.7. The summed E-state index contributed by atoms with van der Waals surface area (Å²) in [6.45, 7) is 6.35. The third-order valence-corrected chi connectivity index (χ3v) is 5.40. The van der Waals surface area contributed by atoms with Gasteiger partial charge in [0.15, 0.2) is 0 Å². The average molecular weight is 380 g/mol. The molecule has 5 heteroatoms. The number of piperidine rings is 1. The van der Waals surface area contributed by atoms with Crippen LogP contribution in [0.5, 0.6) is 0 Å². The minimum Gasteiger partial charge on any atom is -0.372 e. The van der Waals surface area contributed by atoms with Crippen LogP contribution in [0.2, 0.25) is 0 Å². The quantitative estimate of drug-likeness (QED) is 0.736. The number of nitrogens with one attached hydrogen (secondary N) is 2. The first-order valence-electron chi connectivity index (χ1n) is 10.1. The topological polar surface area (TPSA) is 61.4 Å². The van der Waals surface area contributed by atoms with Crippen molar-refractivity contribution in [2.75, 3.05) is 28.6 Å². The fourth-order valence-electron chi connectivity index (χ4n) is 3.54. The number of hydrogen-bond donors (Lipinski definition) is 2. The lowest BCUT2D eigenvalue weighted by Crippen LogP contribution is -2.30. The molecule has 2 aromatic carbocycles. The van der Waals surface area contributed by atoms with Crippen molar-refractivity contribution in [1.29, 1.82) is 0 Å². The van der Waals surface area contributed by atoms with Crippen LogP contribution in [0.1, 0.15) is 51.0 Å². The van der Waals surface area contributed by atoms with Crippen molar-refractivity contribution in [2.24, 2.45) is 0 Å². The van der Waals surface area contributed by atoms with E-state index in [1.54, 1.807) is 0 Å². The van der Waals surface area contributed by atoms with Gasteiger partial charge >= 0.3 is 11.8 Å². The van der Waals surface area contributed by atoms with E-state index in [0.29, 0.717) is 17.3 Å². The summed E-state index contributed by atoms with van der Waals surface area (Å²) in [5.74, 6) is -1.01. The maximum Gasteiger partial charge on any atom is 0.314 e. The third-order valence-electron chi connectivity index (χ3n) is 5.40. The number of anilines is 3. The van der Waals surface area contributed by atoms with Crippen molar-refractivity contribution in [3.63, 3.8) is 0 Å². The van der Waals surface area contributed by atoms with Crippen LogP contribution in [0.25, 0.3) is 0 Å². The van der Waals surface area contributed by atoms with E-state index in [0.717, 1.165) is 30.8 Å². The molecule has 148 valence electrons. The smallest absolute Gasteiger partial charge is 0.314 e. The highest BCUT2D eigenvalue weighted by Gasteiger charge is 2.17. The van der Waals surface area contributed by atoms with Gasteiger partial charge in [-0.05, 0) is 67.5 Å². The molecule has 1 fully saturated rings. The van der Waals surface area contributed by atoms with Crippen molar-refractivity contribution >= 4 is 28.9 Å². The van der Waals surface area contributed by atoms with Gasteiger partial charge in [-0.3, -0.25) is 9.59 Å². The van der Waals surface area contributed by atoms with Gasteiger partial charge in [0.05, 0.1) is 0 Å². The summed E-state index contributed by atoms with van der Waals surface area (Å²) in [4.78, 5) is 27.0. The molecule has 1 saturated heterocycles. The first-order chi connectivity index (χ1) is 13.6. The largest absolute Gasteiger partial charge is 0.372 e. The van der Waals surface area contributed by atoms with Crippen LogP contribution in [-0.4, -0.2) is 24.9 Å². The molecule has 0 aromatic heterocycles. The first-order valence-corrected chi connectivity index (χ1v) is 10.1. The molecule has 0 saturated carbocycles. The Hall–Kier alpha value is -2.82. The summed E-state index contributed by atoms with van der Waals surface area (Å²) < 4.78 is 0. The maximum absolute atomic E-state index is 12.4. The van der Waals surface area contributed by atoms with Crippen LogP contribution in [-0.2, 0) is 9.59 Å². The molecule has 2 N–H and O–H groups in total. The van der Waals surface area contributed by atoms with Crippen molar-refractivity contribution in [3.05, 3.63) is 54.1 Å². The number of carbonyl (C=O) groups is 2. The summed E-state index contributed by atoms with van der Waals surface area (Å²) in [5.41, 5.74) is 3.51. The van der Waals surface area contributed by atoms with Gasteiger partial charge in [-0.25, -0.2) is 0 Å². The molecule has 1 atom stereocenters. The summed E-state index contributed by atoms with van der Waals surface area (Å²) in [6.07, 6.45) is 4.69. The second-order valence-corrected chi connectivity index (χ2v) is 7.40. The van der Waals surface area contributed by atoms with Crippen molar-refractivity contribution in [2.45, 2.75) is 45.4 Å². The van der Waals surface area contributed by atoms with Gasteiger partial charge in [0.1, 0.15) is 0 Å². The zero-order chi connectivity index (χ0) is 19.9. The molecule has 2 amide bonds. The van der Waals surface area contributed by atoms with E-state index in [-0.39, 0.29) is 0 Å². The highest BCUT2D eigenvalue weighted by molar-refractivity contribution is 6.43. The number of carbonyl (C=O) groups excluding carboxylic acids is 2. The summed E-state index contributed by atoms with van der Waals surface area (Å²) in [5, 5.41) is 5.43. The number of para-hydroxylation sites is 1. The summed E-state index contributed by atoms with van der Waals surface area (Å²) in [6, 6.07) is 15.3. The van der Waals surface area contributed by atoms with Gasteiger partial charge in [0, 0.05) is 30.2 Å². The van der Waals surface area contributed by atoms with Gasteiger partial charge < -0.3 is 15.5 Å². The van der Waals surface area contributed by atoms with E-state index in [4.69, 9.17) is 0 Å². The van der Waals surface area contributed by atoms with Crippen LogP contribution in [0, 0.1) is 0 Å². The molecule has 3 rings (SSSR count). The van der Waals surface area contributed by atoms with Crippen LogP contribution >= 0.6 is 0 Å². The third kappa shape index (κ3) is 4.91. The lowest BCUT2D eigenvalue weighted by Gasteiger charge is -2.28. The fraction of sp³-hybridized carbons (Fsp3) is 0.391. The highest BCUT2D eigenvalue weighted by atomic mass is 16.2. The van der Waals surface area contributed by atoms with E-state index >= 15 is 0 Å². The molecule has 0 spiro atoms. The standard InChI is InChI=1S/C23H29N3O2/c1-3-17(2)20-9-5-6-10-21(20)25-23(28)22(27)24-18-11-13-19(14-12-18)26-15-7-4-8-16-26/h5-6,9-14,17H,3-4,7-8,15-16H2,1-2H3,(H,24,27)(H,25,28). The van der Waals surface area contributed by atoms with Crippen molar-refractivity contribution in [3.8, 4) is 0 Å². The minimum absolute atomic E-state index is 0.307. The molecule has 1 unspecified atom stereocenters. The van der Waals surface area contributed by atoms with Gasteiger partial charge in [0.25, 0.3) is 0 Å². The Kier molecular flexibility index (Phi) is 6.69. The van der Waals surface area contributed by atoms with Crippen LogP contribution in [0.3, 0.4) is 0 Å². The van der Waals surface area contributed by atoms with E-state index in [1.807, 2.05) is 48.5 Å². The second kappa shape index (κ2) is 9.40. The zero-order valence-corrected chi connectivity index (χ0v) is 16.7. The van der Waals surface area contributed by atoms with Gasteiger partial charge in [0.2, 0.25) is 0 Å². The van der Waals surface area contributed by atoms with Crippen molar-refractivity contribution < 1.29 is 9.59 Å². The lowest BCUT2D eigenvalue weighted by atomic mass is 9.97. The molecular formula is C23H29N3O2. The monoisotopic (exact) mass is 379 g/mol. The number of nitrogens with zero attached hydrogens (tertiary/aromatic N) is 1. The van der Waals surface area contributed by atoms with Gasteiger partial charge in [-0.1, -0.05) is 32.0 Å². The summed E-state index contributed by atoms with van der Waals surface area (Å²) >= 11 is 0. The molecule has 0 bridgehead atoms. The van der Waals surface area contributed by atoms with E-state index in [1.165, 1.54) is 19.3 Å². The molecule has 1 aliphatic rings. The molecule has 28 heavy (non-hydrogen) atoms. The Bertz CT molecular complexity index is 811. The second-order valence-electron chi connectivity index (χ2n) is 7.40. The van der Waals surface area contributed by atoms with Gasteiger partial charge in [-0.15, -0.1) is 0 Å². The molecule has 0 radical (unpaired) electrons. The van der Waals surface area contributed by atoms with E-state index in [9.17, 15) is 9.59 Å². The predicted octanol–water partition coefficient (Wildman–Crippen LogP) is 4.77. The lowest BCUT2D eigenvalue weighted by molar-refractivity contribution is -0.133. The maximum atomic E-state index is 12.4. The molecule has 2 aromatic rings. The highest BCUT2D eigenvalue weighted by Crippen LogP contribution is 2.26. The number of hydrogen-bond acceptors (Lipinski definition) is 3. The first kappa shape index (κ1) is 19.9. The Balaban J connectivity index is 1.61. The molecule has 0 aliphatic carbocycles. The number of rotatable bonds is 5. The summed E-state index contributed by atoms with van der Waals surface area (Å²) in [7, 11) is 0.